The standard InChI is InChI=1S/C25H42N7O18P3S/c1-25(2,20(37)23(38)28-6-5-15(34)27-7-9-54-16(35)4-3-8-33)11-47-53(44,45)50-52(42,43)46-10-14-19(49-51(39,40)41)18(36)24(48-14)32-13-31-17-21(26)29-12-30-22(17)32/h12-14,18-20,24,33,36-37H,3-11H2,1-2H3,(H,27,34)(H,28,38)(H,42,43)(H,44,45)(H2,26,29,30)(H2,39,40,41)/p-4/t14-,18-,19-,20+,24-/m1/s1. The molecule has 1 fully saturated rings. The van der Waals surface area contributed by atoms with E-state index in [-0.39, 0.29) is 54.6 Å². The number of aromatic nitrogens is 4. The van der Waals surface area contributed by atoms with Crippen LogP contribution in [-0.2, 0) is 50.7 Å². The van der Waals surface area contributed by atoms with E-state index in [2.05, 4.69) is 43.5 Å². The Kier molecular flexibility index (Phi) is 16.7. The Hall–Kier alpha value is -2.48. The topological polar surface area (TPSA) is 395 Å². The lowest BCUT2D eigenvalue weighted by Crippen LogP contribution is -2.46. The summed E-state index contributed by atoms with van der Waals surface area (Å²) in [6, 6.07) is 0. The van der Waals surface area contributed by atoms with Gasteiger partial charge in [-0.05, 0) is 6.42 Å². The van der Waals surface area contributed by atoms with E-state index in [1.54, 1.807) is 0 Å². The molecular weight excluding hydrogens is 811 g/mol. The van der Waals surface area contributed by atoms with E-state index in [1.165, 1.54) is 13.8 Å². The van der Waals surface area contributed by atoms with E-state index < -0.39 is 84.6 Å². The van der Waals surface area contributed by atoms with Gasteiger partial charge < -0.3 is 74.1 Å². The molecule has 54 heavy (non-hydrogen) atoms. The van der Waals surface area contributed by atoms with Crippen LogP contribution in [0.15, 0.2) is 12.7 Å². The van der Waals surface area contributed by atoms with Gasteiger partial charge in [-0.1, -0.05) is 25.6 Å². The number of rotatable bonds is 22. The quantitative estimate of drug-likeness (QED) is 0.0484. The maximum atomic E-state index is 12.5. The Labute approximate surface area is 310 Å². The van der Waals surface area contributed by atoms with Crippen molar-refractivity contribution in [3.63, 3.8) is 0 Å². The zero-order valence-corrected chi connectivity index (χ0v) is 32.0. The first-order valence-electron chi connectivity index (χ1n) is 15.6. The van der Waals surface area contributed by atoms with E-state index >= 15 is 0 Å². The Morgan fingerprint density at radius 1 is 1.07 bits per heavy atom. The molecule has 25 nitrogen and oxygen atoms in total. The third-order valence-electron chi connectivity index (χ3n) is 7.28. The Morgan fingerprint density at radius 3 is 2.43 bits per heavy atom. The van der Waals surface area contributed by atoms with Crippen LogP contribution >= 0.6 is 35.2 Å². The lowest BCUT2D eigenvalue weighted by atomic mass is 9.87. The molecule has 7 atom stereocenters. The highest BCUT2D eigenvalue weighted by atomic mass is 32.2. The van der Waals surface area contributed by atoms with Crippen molar-refractivity contribution in [2.45, 2.75) is 63.8 Å². The third kappa shape index (κ3) is 13.9. The number of anilines is 1. The molecule has 2 aromatic rings. The van der Waals surface area contributed by atoms with Crippen LogP contribution in [0.1, 0.15) is 39.3 Å². The van der Waals surface area contributed by atoms with Gasteiger partial charge in [-0.25, -0.2) is 19.3 Å². The van der Waals surface area contributed by atoms with Crippen LogP contribution in [0.4, 0.5) is 5.82 Å². The summed E-state index contributed by atoms with van der Waals surface area (Å²) in [7, 11) is -17.6. The summed E-state index contributed by atoms with van der Waals surface area (Å²) >= 11 is 0.987. The molecular formula is C25H38N7O18P3S-4. The molecule has 1 aliphatic rings. The summed E-state index contributed by atoms with van der Waals surface area (Å²) in [5, 5.41) is 34.6. The molecule has 2 aromatic heterocycles. The predicted octanol–water partition coefficient (Wildman–Crippen LogP) is -4.09. The monoisotopic (exact) mass is 849 g/mol. The van der Waals surface area contributed by atoms with Gasteiger partial charge in [0.05, 0.1) is 27.4 Å². The molecule has 2 amide bonds. The van der Waals surface area contributed by atoms with Gasteiger partial charge in [0, 0.05) is 43.7 Å². The minimum absolute atomic E-state index is 0.0251. The van der Waals surface area contributed by atoms with Gasteiger partial charge in [0.15, 0.2) is 22.8 Å². The highest BCUT2D eigenvalue weighted by Crippen LogP contribution is 2.56. The summed E-state index contributed by atoms with van der Waals surface area (Å²) < 4.78 is 60.3. The zero-order valence-electron chi connectivity index (χ0n) is 28.5. The molecule has 1 aliphatic heterocycles. The second-order valence-corrected chi connectivity index (χ2v) is 17.2. The Bertz CT molecular complexity index is 1760. The Balaban J connectivity index is 1.50. The van der Waals surface area contributed by atoms with Crippen LogP contribution < -0.4 is 35.9 Å². The molecule has 306 valence electrons. The first-order valence-corrected chi connectivity index (χ1v) is 21.0. The molecule has 0 aliphatic carbocycles. The molecule has 0 spiro atoms. The van der Waals surface area contributed by atoms with Crippen molar-refractivity contribution in [2.24, 2.45) is 5.41 Å². The minimum atomic E-state index is -5.91. The fourth-order valence-corrected chi connectivity index (χ4v) is 8.02. The second kappa shape index (κ2) is 19.6. The molecule has 7 N–H and O–H groups in total. The maximum absolute atomic E-state index is 12.5. The Morgan fingerprint density at radius 2 is 1.76 bits per heavy atom. The number of imidazole rings is 1. The largest absolute Gasteiger partial charge is 0.790 e. The second-order valence-electron chi connectivity index (χ2n) is 12.0. The van der Waals surface area contributed by atoms with Crippen molar-refractivity contribution >= 4 is 69.1 Å². The molecule has 2 unspecified atom stereocenters. The lowest BCUT2D eigenvalue weighted by Gasteiger charge is -2.36. The molecule has 1 saturated heterocycles. The van der Waals surface area contributed by atoms with E-state index in [1.807, 2.05) is 0 Å². The number of nitrogens with two attached hydrogens (primary N) is 1. The highest BCUT2D eigenvalue weighted by molar-refractivity contribution is 8.13. The van der Waals surface area contributed by atoms with E-state index in [0.29, 0.717) is 12.2 Å². The van der Waals surface area contributed by atoms with Gasteiger partial charge in [0.1, 0.15) is 36.3 Å². The summed E-state index contributed by atoms with van der Waals surface area (Å²) in [5.74, 6) is -1.30. The number of thioether (sulfide) groups is 1. The van der Waals surface area contributed by atoms with Crippen molar-refractivity contribution in [3.05, 3.63) is 12.7 Å². The van der Waals surface area contributed by atoms with Crippen molar-refractivity contribution in [1.29, 1.82) is 0 Å². The fourth-order valence-electron chi connectivity index (χ4n) is 4.57. The summed E-state index contributed by atoms with van der Waals surface area (Å²) in [6.45, 7) is -0.104. The molecule has 3 rings (SSSR count). The number of aliphatic hydroxyl groups excluding tert-OH is 3. The van der Waals surface area contributed by atoms with Crippen LogP contribution in [-0.4, -0.2) is 115 Å². The molecule has 0 radical (unpaired) electrons. The number of amides is 2. The molecule has 3 heterocycles. The third-order valence-corrected chi connectivity index (χ3v) is 11.2. The fraction of sp³-hybridized carbons (Fsp3) is 0.680. The minimum Gasteiger partial charge on any atom is -0.790 e. The molecule has 0 aromatic carbocycles. The molecule has 29 heteroatoms. The van der Waals surface area contributed by atoms with Crippen LogP contribution in [0.3, 0.4) is 0 Å². The number of nitrogens with zero attached hydrogens (tertiary/aromatic N) is 4. The van der Waals surface area contributed by atoms with Gasteiger partial charge >= 0.3 is 0 Å². The van der Waals surface area contributed by atoms with Crippen molar-refractivity contribution in [2.75, 3.05) is 44.4 Å². The smallest absolute Gasteiger partial charge is 0.274 e. The van der Waals surface area contributed by atoms with Crippen LogP contribution in [0.25, 0.3) is 11.2 Å². The van der Waals surface area contributed by atoms with Gasteiger partial charge in [0.2, 0.25) is 11.8 Å². The average Bonchev–Trinajstić information content (AvgIpc) is 3.63. The molecule has 0 bridgehead atoms. The van der Waals surface area contributed by atoms with Crippen LogP contribution in [0.5, 0.6) is 0 Å². The van der Waals surface area contributed by atoms with E-state index in [4.69, 9.17) is 15.6 Å². The number of hydrogen-bond donors (Lipinski definition) is 6. The highest BCUT2D eigenvalue weighted by Gasteiger charge is 2.47. The van der Waals surface area contributed by atoms with E-state index in [9.17, 15) is 57.9 Å². The number of fused-ring (bicyclic) bond motifs is 1. The zero-order chi connectivity index (χ0) is 40.5. The summed E-state index contributed by atoms with van der Waals surface area (Å²) in [4.78, 5) is 95.3. The van der Waals surface area contributed by atoms with E-state index in [0.717, 1.165) is 29.0 Å². The summed E-state index contributed by atoms with van der Waals surface area (Å²) in [6.07, 6.45) is -7.10. The van der Waals surface area contributed by atoms with Gasteiger partial charge in [-0.3, -0.25) is 28.1 Å². The number of nitrogens with one attached hydrogen (secondary N) is 2. The SMILES string of the molecule is CC(C)(COP(=O)([O-])OP(=O)([O-])OC[C@H]1O[C@@H](n2cnc3c(N)ncnc32)[C@H](O)[C@@H]1OP(=O)([O-])[O-])[C@@H](O)C(=O)NCCC(=O)NCCSC(=O)CCCO. The van der Waals surface area contributed by atoms with Crippen molar-refractivity contribution < 1.29 is 85.6 Å². The van der Waals surface area contributed by atoms with Gasteiger partial charge in [-0.2, -0.15) is 0 Å². The van der Waals surface area contributed by atoms with Crippen LogP contribution in [0.2, 0.25) is 0 Å². The summed E-state index contributed by atoms with van der Waals surface area (Å²) in [5.41, 5.74) is 4.04. The number of carbonyl (C=O) groups excluding carboxylic acids is 3. The number of phosphoric acid groups is 3. The number of carbonyl (C=O) groups is 3. The first-order chi connectivity index (χ1) is 25.1. The predicted molar refractivity (Wildman–Crippen MR) is 175 cm³/mol. The maximum Gasteiger partial charge on any atom is 0.274 e. The number of aliphatic hydroxyl groups is 3. The number of hydrogen-bond acceptors (Lipinski definition) is 23. The normalized spacial score (nSPS) is 22.0. The lowest BCUT2D eigenvalue weighted by molar-refractivity contribution is -0.347. The molecule has 0 saturated carbocycles. The number of nitrogen functional groups attached to an aromatic ring is 1. The van der Waals surface area contributed by atoms with Gasteiger partial charge in [0.25, 0.3) is 15.6 Å². The number of phosphoric ester groups is 3. The first kappa shape index (κ1) is 45.9. The number of ether oxygens (including phenoxy) is 1. The van der Waals surface area contributed by atoms with Crippen molar-refractivity contribution in [3.8, 4) is 0 Å². The van der Waals surface area contributed by atoms with Crippen molar-refractivity contribution in [1.82, 2.24) is 30.2 Å². The van der Waals surface area contributed by atoms with Crippen LogP contribution in [0, 0.1) is 5.41 Å². The average molecular weight is 850 g/mol. The van der Waals surface area contributed by atoms with Gasteiger partial charge in [-0.15, -0.1) is 0 Å².